The van der Waals surface area contributed by atoms with Gasteiger partial charge in [0.05, 0.1) is 23.3 Å². The summed E-state index contributed by atoms with van der Waals surface area (Å²) in [7, 11) is 0. The molecule has 0 bridgehead atoms. The molecule has 2 heterocycles. The first-order chi connectivity index (χ1) is 30.3. The summed E-state index contributed by atoms with van der Waals surface area (Å²) in [6, 6.07) is 6.95. The average Bonchev–Trinajstić information content (AvgIpc) is 3.70. The van der Waals surface area contributed by atoms with Gasteiger partial charge in [0.25, 0.3) is 0 Å². The van der Waals surface area contributed by atoms with Crippen molar-refractivity contribution in [2.45, 2.75) is 0 Å². The molecule has 0 amide bonds. The third kappa shape index (κ3) is 4.84. The molecule has 7 aromatic carbocycles. The topological polar surface area (TPSA) is 51.8 Å². The number of fused-ring (bicyclic) bond motifs is 4. The summed E-state index contributed by atoms with van der Waals surface area (Å²) in [5.41, 5.74) is -0.379. The van der Waals surface area contributed by atoms with Gasteiger partial charge >= 0.3 is 0 Å². The van der Waals surface area contributed by atoms with Gasteiger partial charge < -0.3 is 4.42 Å². The van der Waals surface area contributed by atoms with Crippen molar-refractivity contribution in [1.82, 2.24) is 15.0 Å². The van der Waals surface area contributed by atoms with Crippen LogP contribution in [0, 0.1) is 0 Å². The van der Waals surface area contributed by atoms with Gasteiger partial charge in [-0.25, -0.2) is 15.0 Å². The van der Waals surface area contributed by atoms with E-state index in [2.05, 4.69) is 9.97 Å². The summed E-state index contributed by atoms with van der Waals surface area (Å²) in [5.74, 6) is -1.17. The highest BCUT2D eigenvalue weighted by Gasteiger charge is 2.19. The molecule has 0 saturated carbocycles. The van der Waals surface area contributed by atoms with Crippen LogP contribution in [0.2, 0.25) is 0 Å². The van der Waals surface area contributed by atoms with Crippen LogP contribution in [0.25, 0.3) is 89.1 Å². The predicted molar refractivity (Wildman–Crippen MR) is 192 cm³/mol. The van der Waals surface area contributed by atoms with Gasteiger partial charge in [0.2, 0.25) is 0 Å². The minimum Gasteiger partial charge on any atom is -0.456 e. The zero-order valence-electron chi connectivity index (χ0n) is 41.0. The fraction of sp³-hybridized carbons (Fsp3) is 0. The van der Waals surface area contributed by atoms with Crippen molar-refractivity contribution < 1.29 is 27.7 Å². The van der Waals surface area contributed by atoms with Crippen LogP contribution in [0.4, 0.5) is 0 Å². The molecule has 0 aliphatic rings. The molecule has 4 nitrogen and oxygen atoms in total. The van der Waals surface area contributed by atoms with Crippen molar-refractivity contribution in [3.05, 3.63) is 163 Å². The molecular formula is C43H27N3O. The third-order valence-electron chi connectivity index (χ3n) is 7.64. The average molecular weight is 619 g/mol. The summed E-state index contributed by atoms with van der Waals surface area (Å²) < 4.78 is 152. The lowest BCUT2D eigenvalue weighted by Gasteiger charge is -2.14. The van der Waals surface area contributed by atoms with E-state index in [4.69, 9.17) is 32.7 Å². The number of rotatable bonds is 5. The Bertz CT molecular complexity index is 3500. The standard InChI is InChI=1S/C43H27N3O/c1-3-13-29(14-4-1)34-25-24-33(27-37(34)32-23-22-28-12-7-8-17-31(28)26-32)42-44-41(30-15-5-2-6-16-30)45-43(46-42)36-19-11-21-39-40(36)35-18-9-10-20-38(35)47-39/h1-27H/i1D,2D,3D,4D,5D,6D,9D,10D,11D,13D,14D,15D,16D,18D,19D,20D,21D. The Balaban J connectivity index is 1.42. The minimum absolute atomic E-state index is 0.104. The van der Waals surface area contributed by atoms with E-state index in [-0.39, 0.29) is 50.0 Å². The number of hydrogen-bond donors (Lipinski definition) is 0. The van der Waals surface area contributed by atoms with Gasteiger partial charge in [-0.2, -0.15) is 0 Å². The Morgan fingerprint density at radius 2 is 1.09 bits per heavy atom. The van der Waals surface area contributed by atoms with E-state index in [0.29, 0.717) is 11.1 Å². The van der Waals surface area contributed by atoms with Crippen LogP contribution in [-0.2, 0) is 0 Å². The Labute approximate surface area is 295 Å². The Hall–Kier alpha value is -6.39. The second-order valence-electron chi connectivity index (χ2n) is 10.4. The number of para-hydroxylation sites is 1. The smallest absolute Gasteiger partial charge is 0.164 e. The lowest BCUT2D eigenvalue weighted by atomic mass is 9.91. The highest BCUT2D eigenvalue weighted by molar-refractivity contribution is 6.11. The SMILES string of the molecule is [2H]c1c([2H])c([2H])c(-c2nc(-c3ccc(-c4c([2H])c([2H])c([2H])c([2H])c4[2H])c(-c4ccc5ccccc5c4)c3)nc(-c3c([2H])c([2H])c([2H])c4oc5c([2H])c([2H])c([2H])c([2H])c5c34)n2)c([2H])c1[2H]. The molecule has 0 saturated heterocycles. The van der Waals surface area contributed by atoms with Crippen LogP contribution in [0.15, 0.2) is 168 Å². The molecular weight excluding hydrogens is 574 g/mol. The molecule has 220 valence electrons. The molecule has 9 aromatic rings. The second-order valence-corrected chi connectivity index (χ2v) is 10.4. The molecule has 0 aliphatic heterocycles. The maximum Gasteiger partial charge on any atom is 0.164 e. The van der Waals surface area contributed by atoms with Crippen LogP contribution >= 0.6 is 0 Å². The number of benzene rings is 7. The van der Waals surface area contributed by atoms with E-state index in [9.17, 15) is 0 Å². The molecule has 0 fully saturated rings. The first-order valence-corrected chi connectivity index (χ1v) is 14.3. The number of hydrogen-bond acceptors (Lipinski definition) is 4. The van der Waals surface area contributed by atoms with Crippen molar-refractivity contribution >= 4 is 32.7 Å². The van der Waals surface area contributed by atoms with Gasteiger partial charge in [-0.1, -0.05) is 139 Å². The molecule has 47 heavy (non-hydrogen) atoms. The Morgan fingerprint density at radius 1 is 0.426 bits per heavy atom. The Kier molecular flexibility index (Phi) is 3.53. The number of furan rings is 1. The van der Waals surface area contributed by atoms with E-state index >= 15 is 0 Å². The van der Waals surface area contributed by atoms with Crippen LogP contribution in [0.5, 0.6) is 0 Å². The summed E-state index contributed by atoms with van der Waals surface area (Å²) >= 11 is 0. The van der Waals surface area contributed by atoms with Crippen molar-refractivity contribution in [2.75, 3.05) is 0 Å². The zero-order chi connectivity index (χ0) is 46.0. The van der Waals surface area contributed by atoms with Gasteiger partial charge in [0.15, 0.2) is 17.5 Å². The van der Waals surface area contributed by atoms with Gasteiger partial charge in [0, 0.05) is 27.5 Å². The lowest BCUT2D eigenvalue weighted by molar-refractivity contribution is 0.669. The van der Waals surface area contributed by atoms with Crippen molar-refractivity contribution in [3.8, 4) is 56.4 Å². The predicted octanol–water partition coefficient (Wildman–Crippen LogP) is 11.3. The van der Waals surface area contributed by atoms with Gasteiger partial charge in [0.1, 0.15) is 11.2 Å². The van der Waals surface area contributed by atoms with Gasteiger partial charge in [-0.15, -0.1) is 0 Å². The molecule has 2 aromatic heterocycles. The van der Waals surface area contributed by atoms with Crippen LogP contribution < -0.4 is 0 Å². The third-order valence-corrected chi connectivity index (χ3v) is 7.64. The number of nitrogens with zero attached hydrogens (tertiary/aromatic N) is 3. The van der Waals surface area contributed by atoms with E-state index in [1.165, 1.54) is 12.1 Å². The monoisotopic (exact) mass is 618 g/mol. The first-order valence-electron chi connectivity index (χ1n) is 22.8. The van der Waals surface area contributed by atoms with E-state index in [0.717, 1.165) is 10.8 Å². The molecule has 0 radical (unpaired) electrons. The van der Waals surface area contributed by atoms with Crippen LogP contribution in [0.1, 0.15) is 23.3 Å². The largest absolute Gasteiger partial charge is 0.456 e. The summed E-state index contributed by atoms with van der Waals surface area (Å²) in [5, 5.41) is 1.24. The quantitative estimate of drug-likeness (QED) is 0.193. The molecule has 0 N–H and O–H groups in total. The number of aromatic nitrogens is 3. The maximum absolute atomic E-state index is 9.17. The highest BCUT2D eigenvalue weighted by atomic mass is 16.3. The summed E-state index contributed by atoms with van der Waals surface area (Å²) in [6.07, 6.45) is 0. The summed E-state index contributed by atoms with van der Waals surface area (Å²) in [6.45, 7) is 0. The Morgan fingerprint density at radius 3 is 1.91 bits per heavy atom. The molecule has 0 spiro atoms. The molecule has 4 heteroatoms. The van der Waals surface area contributed by atoms with Crippen LogP contribution in [0.3, 0.4) is 0 Å². The summed E-state index contributed by atoms with van der Waals surface area (Å²) in [4.78, 5) is 13.9. The van der Waals surface area contributed by atoms with E-state index in [1.54, 1.807) is 12.1 Å². The highest BCUT2D eigenvalue weighted by Crippen LogP contribution is 2.39. The lowest BCUT2D eigenvalue weighted by Crippen LogP contribution is -2.01. The second kappa shape index (κ2) is 11.2. The van der Waals surface area contributed by atoms with Crippen molar-refractivity contribution in [1.29, 1.82) is 0 Å². The van der Waals surface area contributed by atoms with Crippen molar-refractivity contribution in [3.63, 3.8) is 0 Å². The zero-order valence-corrected chi connectivity index (χ0v) is 24.0. The van der Waals surface area contributed by atoms with Gasteiger partial charge in [-0.3, -0.25) is 0 Å². The molecule has 0 atom stereocenters. The van der Waals surface area contributed by atoms with E-state index in [1.807, 2.05) is 36.4 Å². The van der Waals surface area contributed by atoms with Crippen molar-refractivity contribution in [2.24, 2.45) is 0 Å². The minimum atomic E-state index is -0.714. The van der Waals surface area contributed by atoms with Crippen LogP contribution in [-0.4, -0.2) is 15.0 Å². The maximum atomic E-state index is 9.17. The fourth-order valence-corrected chi connectivity index (χ4v) is 5.50. The molecule has 0 aliphatic carbocycles. The molecule has 9 rings (SSSR count). The molecule has 0 unspecified atom stereocenters. The van der Waals surface area contributed by atoms with Gasteiger partial charge in [-0.05, 0) is 57.2 Å². The first kappa shape index (κ1) is 14.8. The fourth-order valence-electron chi connectivity index (χ4n) is 5.50. The van der Waals surface area contributed by atoms with E-state index < -0.39 is 120 Å². The normalized spacial score (nSPS) is 16.5.